The van der Waals surface area contributed by atoms with Crippen LogP contribution >= 0.6 is 11.8 Å². The highest BCUT2D eigenvalue weighted by Gasteiger charge is 2.30. The van der Waals surface area contributed by atoms with E-state index >= 15 is 0 Å². The highest BCUT2D eigenvalue weighted by molar-refractivity contribution is 7.99. The van der Waals surface area contributed by atoms with Gasteiger partial charge in [-0.1, -0.05) is 13.8 Å². The van der Waals surface area contributed by atoms with Crippen LogP contribution in [0, 0.1) is 5.92 Å². The molecule has 0 saturated heterocycles. The largest absolute Gasteiger partial charge is 0.417 e. The van der Waals surface area contributed by atoms with Crippen LogP contribution in [0.15, 0.2) is 23.4 Å². The van der Waals surface area contributed by atoms with Crippen LogP contribution in [0.1, 0.15) is 19.4 Å². The number of alkyl halides is 3. The van der Waals surface area contributed by atoms with E-state index in [4.69, 9.17) is 0 Å². The minimum Gasteiger partial charge on any atom is -0.316 e. The van der Waals surface area contributed by atoms with Crippen LogP contribution in [0.4, 0.5) is 13.2 Å². The molecule has 0 aliphatic rings. The van der Waals surface area contributed by atoms with Crippen molar-refractivity contribution >= 4 is 11.8 Å². The summed E-state index contributed by atoms with van der Waals surface area (Å²) in [6, 6.07) is 2.80. The predicted octanol–water partition coefficient (Wildman–Crippen LogP) is 3.44. The molecule has 18 heavy (non-hydrogen) atoms. The third-order valence-electron chi connectivity index (χ3n) is 2.65. The van der Waals surface area contributed by atoms with E-state index in [1.165, 1.54) is 17.8 Å². The third-order valence-corrected chi connectivity index (χ3v) is 3.71. The highest BCUT2D eigenvalue weighted by Crippen LogP contribution is 2.29. The fourth-order valence-electron chi connectivity index (χ4n) is 1.42. The van der Waals surface area contributed by atoms with Gasteiger partial charge in [0.15, 0.2) is 0 Å². The van der Waals surface area contributed by atoms with Crippen molar-refractivity contribution in [2.24, 2.45) is 5.92 Å². The van der Waals surface area contributed by atoms with Gasteiger partial charge in [-0.3, -0.25) is 0 Å². The molecule has 0 fully saturated rings. The molecular formula is C12H17F3N2S. The van der Waals surface area contributed by atoms with E-state index in [9.17, 15) is 13.2 Å². The topological polar surface area (TPSA) is 24.9 Å². The lowest BCUT2D eigenvalue weighted by Crippen LogP contribution is -2.32. The zero-order valence-corrected chi connectivity index (χ0v) is 11.4. The zero-order chi connectivity index (χ0) is 13.8. The zero-order valence-electron chi connectivity index (χ0n) is 10.6. The van der Waals surface area contributed by atoms with Crippen LogP contribution in [-0.4, -0.2) is 23.8 Å². The molecule has 0 aromatic carbocycles. The van der Waals surface area contributed by atoms with Gasteiger partial charge in [0.05, 0.1) is 10.6 Å². The summed E-state index contributed by atoms with van der Waals surface area (Å²) in [6.45, 7) is 4.20. The molecule has 0 bridgehead atoms. The first-order valence-electron chi connectivity index (χ1n) is 5.68. The number of aromatic nitrogens is 1. The van der Waals surface area contributed by atoms with Crippen LogP contribution in [-0.2, 0) is 6.18 Å². The summed E-state index contributed by atoms with van der Waals surface area (Å²) in [5.74, 6) is 1.25. The molecule has 0 aliphatic carbocycles. The fraction of sp³-hybridized carbons (Fsp3) is 0.583. The molecule has 1 rings (SSSR count). The molecule has 6 heteroatoms. The van der Waals surface area contributed by atoms with Gasteiger partial charge >= 0.3 is 6.18 Å². The van der Waals surface area contributed by atoms with Crippen molar-refractivity contribution in [2.75, 3.05) is 12.8 Å². The SMILES string of the molecule is CNC(CSc1ccc(C(F)(F)F)cn1)C(C)C. The van der Waals surface area contributed by atoms with Gasteiger partial charge in [-0.05, 0) is 25.1 Å². The molecular weight excluding hydrogens is 261 g/mol. The number of thioether (sulfide) groups is 1. The van der Waals surface area contributed by atoms with Gasteiger partial charge in [-0.2, -0.15) is 13.2 Å². The second-order valence-electron chi connectivity index (χ2n) is 4.33. The van der Waals surface area contributed by atoms with E-state index in [0.717, 1.165) is 18.0 Å². The minimum absolute atomic E-state index is 0.319. The number of nitrogens with zero attached hydrogens (tertiary/aromatic N) is 1. The fourth-order valence-corrected chi connectivity index (χ4v) is 2.61. The lowest BCUT2D eigenvalue weighted by Gasteiger charge is -2.19. The standard InChI is InChI=1S/C12H17F3N2S/c1-8(2)10(16-3)7-18-11-5-4-9(6-17-11)12(13,14)15/h4-6,8,10,16H,7H2,1-3H3. The van der Waals surface area contributed by atoms with Crippen molar-refractivity contribution in [1.82, 2.24) is 10.3 Å². The molecule has 1 N–H and O–H groups in total. The Morgan fingerprint density at radius 2 is 2.00 bits per heavy atom. The molecule has 1 aromatic heterocycles. The number of hydrogen-bond acceptors (Lipinski definition) is 3. The van der Waals surface area contributed by atoms with Crippen molar-refractivity contribution in [3.8, 4) is 0 Å². The van der Waals surface area contributed by atoms with E-state index < -0.39 is 11.7 Å². The van der Waals surface area contributed by atoms with Crippen molar-refractivity contribution in [1.29, 1.82) is 0 Å². The van der Waals surface area contributed by atoms with Crippen molar-refractivity contribution in [2.45, 2.75) is 31.1 Å². The Hall–Kier alpha value is -0.750. The summed E-state index contributed by atoms with van der Waals surface area (Å²) in [5.41, 5.74) is -0.708. The molecule has 0 spiro atoms. The Morgan fingerprint density at radius 3 is 2.39 bits per heavy atom. The Kier molecular flexibility index (Phi) is 5.47. The maximum Gasteiger partial charge on any atom is 0.417 e. The molecule has 0 aliphatic heterocycles. The van der Waals surface area contributed by atoms with E-state index in [2.05, 4.69) is 24.1 Å². The normalized spacial score (nSPS) is 13.9. The van der Waals surface area contributed by atoms with E-state index in [1.54, 1.807) is 0 Å². The van der Waals surface area contributed by atoms with Gasteiger partial charge < -0.3 is 5.32 Å². The molecule has 1 aromatic rings. The number of nitrogens with one attached hydrogen (secondary N) is 1. The Bertz CT molecular complexity index is 363. The number of pyridine rings is 1. The summed E-state index contributed by atoms with van der Waals surface area (Å²) in [7, 11) is 1.88. The molecule has 0 saturated carbocycles. The lowest BCUT2D eigenvalue weighted by atomic mass is 10.1. The summed E-state index contributed by atoms with van der Waals surface area (Å²) < 4.78 is 37.0. The molecule has 0 amide bonds. The average molecular weight is 278 g/mol. The van der Waals surface area contributed by atoms with Crippen molar-refractivity contribution < 1.29 is 13.2 Å². The quantitative estimate of drug-likeness (QED) is 0.835. The number of halogens is 3. The number of rotatable bonds is 5. The first kappa shape index (κ1) is 15.3. The summed E-state index contributed by atoms with van der Waals surface area (Å²) in [5, 5.41) is 3.79. The van der Waals surface area contributed by atoms with Crippen LogP contribution < -0.4 is 5.32 Å². The second kappa shape index (κ2) is 6.43. The Morgan fingerprint density at radius 1 is 1.33 bits per heavy atom. The molecule has 0 radical (unpaired) electrons. The van der Waals surface area contributed by atoms with Gasteiger partial charge in [0, 0.05) is 18.0 Å². The Balaban J connectivity index is 2.59. The average Bonchev–Trinajstić information content (AvgIpc) is 2.29. The molecule has 102 valence electrons. The summed E-state index contributed by atoms with van der Waals surface area (Å²) in [4.78, 5) is 3.83. The number of hydrogen-bond donors (Lipinski definition) is 1. The molecule has 1 unspecified atom stereocenters. The maximum atomic E-state index is 12.3. The molecule has 1 atom stereocenters. The third kappa shape index (κ3) is 4.49. The van der Waals surface area contributed by atoms with E-state index in [1.807, 2.05) is 7.05 Å². The van der Waals surface area contributed by atoms with Crippen LogP contribution in [0.5, 0.6) is 0 Å². The highest BCUT2D eigenvalue weighted by atomic mass is 32.2. The van der Waals surface area contributed by atoms with Gasteiger partial charge in [-0.15, -0.1) is 11.8 Å². The van der Waals surface area contributed by atoms with Gasteiger partial charge in [0.25, 0.3) is 0 Å². The molecule has 1 heterocycles. The van der Waals surface area contributed by atoms with Crippen molar-refractivity contribution in [3.05, 3.63) is 23.9 Å². The summed E-state index contributed by atoms with van der Waals surface area (Å²) >= 11 is 1.46. The minimum atomic E-state index is -4.32. The predicted molar refractivity (Wildman–Crippen MR) is 67.6 cm³/mol. The van der Waals surface area contributed by atoms with E-state index in [-0.39, 0.29) is 0 Å². The van der Waals surface area contributed by atoms with Crippen LogP contribution in [0.25, 0.3) is 0 Å². The molecule has 2 nitrogen and oxygen atoms in total. The second-order valence-corrected chi connectivity index (χ2v) is 5.37. The smallest absolute Gasteiger partial charge is 0.316 e. The van der Waals surface area contributed by atoms with Crippen molar-refractivity contribution in [3.63, 3.8) is 0 Å². The first-order chi connectivity index (χ1) is 8.34. The summed E-state index contributed by atoms with van der Waals surface area (Å²) in [6.07, 6.45) is -3.44. The van der Waals surface area contributed by atoms with Gasteiger partial charge in [0.1, 0.15) is 0 Å². The van der Waals surface area contributed by atoms with Gasteiger partial charge in [0.2, 0.25) is 0 Å². The van der Waals surface area contributed by atoms with Gasteiger partial charge in [-0.25, -0.2) is 4.98 Å². The monoisotopic (exact) mass is 278 g/mol. The van der Waals surface area contributed by atoms with Crippen LogP contribution in [0.3, 0.4) is 0 Å². The lowest BCUT2D eigenvalue weighted by molar-refractivity contribution is -0.137. The van der Waals surface area contributed by atoms with E-state index in [0.29, 0.717) is 17.0 Å². The first-order valence-corrected chi connectivity index (χ1v) is 6.66. The maximum absolute atomic E-state index is 12.3. The Labute approximate surface area is 109 Å². The van der Waals surface area contributed by atoms with Crippen LogP contribution in [0.2, 0.25) is 0 Å².